The molecule has 0 saturated carbocycles. The van der Waals surface area contributed by atoms with Gasteiger partial charge < -0.3 is 14.2 Å². The average Bonchev–Trinajstić information content (AvgIpc) is 2.73. The summed E-state index contributed by atoms with van der Waals surface area (Å²) in [5.74, 6) is -0.986. The van der Waals surface area contributed by atoms with E-state index in [0.717, 1.165) is 5.56 Å². The summed E-state index contributed by atoms with van der Waals surface area (Å²) in [5.41, 5.74) is 1.84. The maximum absolute atomic E-state index is 13.2. The van der Waals surface area contributed by atoms with Gasteiger partial charge in [-0.05, 0) is 42.7 Å². The van der Waals surface area contributed by atoms with Gasteiger partial charge in [0.2, 0.25) is 0 Å². The predicted molar refractivity (Wildman–Crippen MR) is 103 cm³/mol. The summed E-state index contributed by atoms with van der Waals surface area (Å²) >= 11 is 0. The largest absolute Gasteiger partial charge is 0.467 e. The van der Waals surface area contributed by atoms with Crippen LogP contribution < -0.4 is 4.74 Å². The number of benzene rings is 2. The van der Waals surface area contributed by atoms with Gasteiger partial charge in [-0.1, -0.05) is 32.0 Å². The number of alkyl halides is 2. The molecule has 0 amide bonds. The number of aryl methyl sites for hydroxylation is 1. The molecule has 0 radical (unpaired) electrons. The third-order valence-electron chi connectivity index (χ3n) is 4.33. The van der Waals surface area contributed by atoms with Gasteiger partial charge in [0.1, 0.15) is 5.75 Å². The minimum absolute atomic E-state index is 0.0437. The predicted octanol–water partition coefficient (Wildman–Crippen LogP) is 4.72. The van der Waals surface area contributed by atoms with Crippen LogP contribution in [0.2, 0.25) is 0 Å². The highest BCUT2D eigenvalue weighted by molar-refractivity contribution is 6.10. The van der Waals surface area contributed by atoms with Crippen molar-refractivity contribution in [3.05, 3.63) is 64.7 Å². The molecule has 2 rings (SSSR count). The Labute approximate surface area is 168 Å². The molecule has 1 unspecified atom stereocenters. The molecular formula is C22H24F2O5. The lowest BCUT2D eigenvalue weighted by Gasteiger charge is -2.21. The lowest BCUT2D eigenvalue weighted by atomic mass is 9.90. The van der Waals surface area contributed by atoms with Crippen molar-refractivity contribution >= 4 is 11.8 Å². The summed E-state index contributed by atoms with van der Waals surface area (Å²) in [4.78, 5) is 25.6. The Hall–Kier alpha value is -2.80. The van der Waals surface area contributed by atoms with Crippen LogP contribution >= 0.6 is 0 Å². The van der Waals surface area contributed by atoms with Crippen molar-refractivity contribution < 1.29 is 32.6 Å². The number of hydrogen-bond donors (Lipinski definition) is 0. The molecule has 7 heteroatoms. The van der Waals surface area contributed by atoms with Crippen LogP contribution in [0.5, 0.6) is 5.75 Å². The molecule has 156 valence electrons. The summed E-state index contributed by atoms with van der Waals surface area (Å²) < 4.78 is 39.6. The van der Waals surface area contributed by atoms with Crippen LogP contribution in [0.15, 0.2) is 42.5 Å². The first kappa shape index (κ1) is 22.5. The molecule has 0 spiro atoms. The first-order valence-corrected chi connectivity index (χ1v) is 9.33. The van der Waals surface area contributed by atoms with Crippen molar-refractivity contribution in [3.8, 4) is 5.75 Å². The quantitative estimate of drug-likeness (QED) is 0.422. The number of hydrogen-bond acceptors (Lipinski definition) is 5. The van der Waals surface area contributed by atoms with Crippen LogP contribution in [0.1, 0.15) is 53.4 Å². The van der Waals surface area contributed by atoms with Crippen molar-refractivity contribution in [2.24, 2.45) is 0 Å². The number of carbonyl (C=O) groups excluding carboxylic acids is 2. The molecule has 0 aliphatic rings. The van der Waals surface area contributed by atoms with Crippen LogP contribution in [0.4, 0.5) is 8.78 Å². The van der Waals surface area contributed by atoms with Gasteiger partial charge in [-0.15, -0.1) is 0 Å². The van der Waals surface area contributed by atoms with Crippen molar-refractivity contribution in [3.63, 3.8) is 0 Å². The normalized spacial score (nSPS) is 11.9. The van der Waals surface area contributed by atoms with Crippen LogP contribution in [-0.4, -0.2) is 32.1 Å². The molecule has 0 aliphatic carbocycles. The summed E-state index contributed by atoms with van der Waals surface area (Å²) in [6.07, 6.45) is 0.244. The Morgan fingerprint density at radius 1 is 1.03 bits per heavy atom. The minimum atomic E-state index is -2.94. The molecule has 0 aromatic heterocycles. The van der Waals surface area contributed by atoms with E-state index in [-0.39, 0.29) is 17.1 Å². The zero-order valence-corrected chi connectivity index (χ0v) is 16.6. The number of carbonyl (C=O) groups is 2. The number of halogens is 2. The van der Waals surface area contributed by atoms with Crippen LogP contribution in [0.3, 0.4) is 0 Å². The summed E-state index contributed by atoms with van der Waals surface area (Å²) in [5, 5.41) is 0. The maximum atomic E-state index is 13.2. The smallest absolute Gasteiger partial charge is 0.387 e. The van der Waals surface area contributed by atoms with Crippen molar-refractivity contribution in [2.45, 2.75) is 39.4 Å². The Balaban J connectivity index is 2.48. The van der Waals surface area contributed by atoms with E-state index in [1.807, 2.05) is 19.9 Å². The molecule has 2 aromatic rings. The number of ketones is 1. The Morgan fingerprint density at radius 2 is 1.72 bits per heavy atom. The van der Waals surface area contributed by atoms with Gasteiger partial charge in [0.25, 0.3) is 0 Å². The van der Waals surface area contributed by atoms with E-state index in [1.54, 1.807) is 12.1 Å². The van der Waals surface area contributed by atoms with E-state index in [0.29, 0.717) is 30.6 Å². The lowest BCUT2D eigenvalue weighted by molar-refractivity contribution is -0.154. The highest BCUT2D eigenvalue weighted by atomic mass is 19.3. The fourth-order valence-corrected chi connectivity index (χ4v) is 2.98. The second-order valence-electron chi connectivity index (χ2n) is 6.24. The molecule has 1 atom stereocenters. The van der Waals surface area contributed by atoms with E-state index < -0.39 is 18.7 Å². The SMILES string of the molecule is CCCOC(C(=O)OC)c1c(CC)cccc1C(=O)c1ccc(OC(F)F)cc1. The van der Waals surface area contributed by atoms with Gasteiger partial charge in [-0.25, -0.2) is 4.79 Å². The van der Waals surface area contributed by atoms with Gasteiger partial charge in [0.15, 0.2) is 11.9 Å². The Kier molecular flexibility index (Phi) is 8.27. The number of esters is 1. The molecule has 5 nitrogen and oxygen atoms in total. The molecule has 0 fully saturated rings. The fraction of sp³-hybridized carbons (Fsp3) is 0.364. The van der Waals surface area contributed by atoms with Gasteiger partial charge in [0, 0.05) is 23.3 Å². The average molecular weight is 406 g/mol. The third-order valence-corrected chi connectivity index (χ3v) is 4.33. The maximum Gasteiger partial charge on any atom is 0.387 e. The highest BCUT2D eigenvalue weighted by Gasteiger charge is 2.29. The van der Waals surface area contributed by atoms with E-state index in [4.69, 9.17) is 9.47 Å². The van der Waals surface area contributed by atoms with E-state index in [9.17, 15) is 18.4 Å². The zero-order chi connectivity index (χ0) is 21.4. The number of rotatable bonds is 10. The van der Waals surface area contributed by atoms with E-state index in [1.165, 1.54) is 31.4 Å². The summed E-state index contributed by atoms with van der Waals surface area (Å²) in [6, 6.07) is 10.6. The van der Waals surface area contributed by atoms with Crippen LogP contribution in [-0.2, 0) is 20.7 Å². The van der Waals surface area contributed by atoms with Crippen LogP contribution in [0, 0.1) is 0 Å². The molecule has 0 saturated heterocycles. The topological polar surface area (TPSA) is 61.8 Å². The molecule has 0 N–H and O–H groups in total. The Morgan fingerprint density at radius 3 is 2.28 bits per heavy atom. The summed E-state index contributed by atoms with van der Waals surface area (Å²) in [6.45, 7) is 1.21. The van der Waals surface area contributed by atoms with Gasteiger partial charge in [-0.3, -0.25) is 4.79 Å². The first-order chi connectivity index (χ1) is 13.9. The number of ether oxygens (including phenoxy) is 3. The molecule has 0 bridgehead atoms. The number of methoxy groups -OCH3 is 1. The van der Waals surface area contributed by atoms with Crippen molar-refractivity contribution in [1.29, 1.82) is 0 Å². The minimum Gasteiger partial charge on any atom is -0.467 e. The first-order valence-electron chi connectivity index (χ1n) is 9.33. The highest BCUT2D eigenvalue weighted by Crippen LogP contribution is 2.30. The van der Waals surface area contributed by atoms with Gasteiger partial charge in [0.05, 0.1) is 7.11 Å². The van der Waals surface area contributed by atoms with Crippen molar-refractivity contribution in [1.82, 2.24) is 0 Å². The molecule has 29 heavy (non-hydrogen) atoms. The molecule has 0 aliphatic heterocycles. The molecule has 0 heterocycles. The standard InChI is InChI=1S/C22H24F2O5/c1-4-13-28-20(21(26)27-3)18-14(5-2)7-6-8-17(18)19(25)15-9-11-16(12-10-15)29-22(23)24/h6-12,20,22H,4-5,13H2,1-3H3. The lowest BCUT2D eigenvalue weighted by Crippen LogP contribution is -2.22. The van der Waals surface area contributed by atoms with Gasteiger partial charge in [-0.2, -0.15) is 8.78 Å². The Bertz CT molecular complexity index is 834. The fourth-order valence-electron chi connectivity index (χ4n) is 2.98. The second kappa shape index (κ2) is 10.7. The zero-order valence-electron chi connectivity index (χ0n) is 16.6. The molecular weight excluding hydrogens is 382 g/mol. The van der Waals surface area contributed by atoms with Crippen molar-refractivity contribution in [2.75, 3.05) is 13.7 Å². The van der Waals surface area contributed by atoms with Crippen LogP contribution in [0.25, 0.3) is 0 Å². The van der Waals surface area contributed by atoms with Gasteiger partial charge >= 0.3 is 12.6 Å². The summed E-state index contributed by atoms with van der Waals surface area (Å²) in [7, 11) is 1.27. The van der Waals surface area contributed by atoms with E-state index in [2.05, 4.69) is 4.74 Å². The third kappa shape index (κ3) is 5.60. The second-order valence-corrected chi connectivity index (χ2v) is 6.24. The van der Waals surface area contributed by atoms with E-state index >= 15 is 0 Å². The molecule has 2 aromatic carbocycles. The monoisotopic (exact) mass is 406 g/mol.